The van der Waals surface area contributed by atoms with Gasteiger partial charge in [0.1, 0.15) is 12.8 Å². The van der Waals surface area contributed by atoms with Crippen LogP contribution in [0.15, 0.2) is 65.6 Å². The molecule has 0 spiro atoms. The number of halogens is 1. The SMILES string of the molecule is COn1c(N(CC(C)C)c2ccc(Cl)cc2)nc2c(c1=O)CN(C(=O)c1cc3ccccc3cn1)CC2. The van der Waals surface area contributed by atoms with E-state index >= 15 is 0 Å². The Balaban J connectivity index is 1.50. The van der Waals surface area contributed by atoms with E-state index in [4.69, 9.17) is 21.4 Å². The maximum atomic E-state index is 13.6. The van der Waals surface area contributed by atoms with Crippen LogP contribution >= 0.6 is 11.6 Å². The highest BCUT2D eigenvalue weighted by Gasteiger charge is 2.30. The van der Waals surface area contributed by atoms with Gasteiger partial charge in [-0.2, -0.15) is 0 Å². The number of carbonyl (C=O) groups is 1. The molecule has 3 heterocycles. The topological polar surface area (TPSA) is 80.6 Å². The molecule has 8 nitrogen and oxygen atoms in total. The lowest BCUT2D eigenvalue weighted by Crippen LogP contribution is -2.43. The van der Waals surface area contributed by atoms with Crippen LogP contribution in [0.3, 0.4) is 0 Å². The predicted molar refractivity (Wildman–Crippen MR) is 144 cm³/mol. The quantitative estimate of drug-likeness (QED) is 0.375. The number of hydrogen-bond acceptors (Lipinski definition) is 6. The van der Waals surface area contributed by atoms with Crippen molar-refractivity contribution in [2.24, 2.45) is 5.92 Å². The Labute approximate surface area is 220 Å². The lowest BCUT2D eigenvalue weighted by molar-refractivity contribution is 0.0722. The number of anilines is 2. The maximum absolute atomic E-state index is 13.6. The third-order valence-electron chi connectivity index (χ3n) is 6.42. The van der Waals surface area contributed by atoms with Gasteiger partial charge >= 0.3 is 0 Å². The Morgan fingerprint density at radius 2 is 1.86 bits per heavy atom. The number of fused-ring (bicyclic) bond motifs is 2. The monoisotopic (exact) mass is 517 g/mol. The van der Waals surface area contributed by atoms with Gasteiger partial charge in [0.15, 0.2) is 0 Å². The fourth-order valence-corrected chi connectivity index (χ4v) is 4.73. The van der Waals surface area contributed by atoms with Crippen molar-refractivity contribution >= 4 is 39.9 Å². The van der Waals surface area contributed by atoms with Gasteiger partial charge in [-0.1, -0.05) is 49.7 Å². The van der Waals surface area contributed by atoms with Crippen LogP contribution in [-0.4, -0.2) is 45.7 Å². The van der Waals surface area contributed by atoms with E-state index in [2.05, 4.69) is 18.8 Å². The molecule has 5 rings (SSSR count). The van der Waals surface area contributed by atoms with Crippen molar-refractivity contribution in [2.45, 2.75) is 26.8 Å². The van der Waals surface area contributed by atoms with Crippen molar-refractivity contribution in [3.05, 3.63) is 93.1 Å². The fourth-order valence-electron chi connectivity index (χ4n) is 4.61. The van der Waals surface area contributed by atoms with Crippen LogP contribution in [0.2, 0.25) is 5.02 Å². The molecule has 0 aliphatic carbocycles. The zero-order valence-corrected chi connectivity index (χ0v) is 21.8. The number of nitrogens with zero attached hydrogens (tertiary/aromatic N) is 5. The summed E-state index contributed by atoms with van der Waals surface area (Å²) in [5, 5.41) is 2.54. The van der Waals surface area contributed by atoms with Gasteiger partial charge in [-0.3, -0.25) is 14.6 Å². The second-order valence-corrected chi connectivity index (χ2v) is 9.93. The molecule has 0 saturated carbocycles. The zero-order valence-electron chi connectivity index (χ0n) is 21.0. The van der Waals surface area contributed by atoms with Gasteiger partial charge in [-0.15, -0.1) is 4.73 Å². The average Bonchev–Trinajstić information content (AvgIpc) is 2.91. The molecule has 190 valence electrons. The number of aromatic nitrogens is 3. The summed E-state index contributed by atoms with van der Waals surface area (Å²) in [5.74, 6) is 0.473. The molecule has 2 aromatic carbocycles. The molecular weight excluding hydrogens is 490 g/mol. The van der Waals surface area contributed by atoms with Crippen LogP contribution < -0.4 is 15.3 Å². The molecule has 0 atom stereocenters. The second-order valence-electron chi connectivity index (χ2n) is 9.49. The molecule has 0 N–H and O–H groups in total. The molecule has 2 aromatic heterocycles. The third kappa shape index (κ3) is 4.89. The van der Waals surface area contributed by atoms with Crippen molar-refractivity contribution in [3.8, 4) is 0 Å². The number of hydrogen-bond donors (Lipinski definition) is 0. The minimum absolute atomic E-state index is 0.142. The van der Waals surface area contributed by atoms with E-state index in [9.17, 15) is 9.59 Å². The highest BCUT2D eigenvalue weighted by molar-refractivity contribution is 6.30. The first-order chi connectivity index (χ1) is 17.9. The third-order valence-corrected chi connectivity index (χ3v) is 6.67. The summed E-state index contributed by atoms with van der Waals surface area (Å²) < 4.78 is 1.21. The Bertz CT molecular complexity index is 1520. The van der Waals surface area contributed by atoms with Gasteiger partial charge < -0.3 is 14.6 Å². The van der Waals surface area contributed by atoms with Crippen molar-refractivity contribution in [2.75, 3.05) is 25.1 Å². The number of amides is 1. The predicted octanol–water partition coefficient (Wildman–Crippen LogP) is 4.50. The van der Waals surface area contributed by atoms with Crippen LogP contribution in [0.25, 0.3) is 10.8 Å². The summed E-state index contributed by atoms with van der Waals surface area (Å²) in [6, 6.07) is 17.0. The van der Waals surface area contributed by atoms with Crippen LogP contribution in [0.1, 0.15) is 35.6 Å². The Kier molecular flexibility index (Phi) is 6.84. The summed E-state index contributed by atoms with van der Waals surface area (Å²) >= 11 is 6.11. The van der Waals surface area contributed by atoms with E-state index in [-0.39, 0.29) is 23.9 Å². The maximum Gasteiger partial charge on any atom is 0.293 e. The van der Waals surface area contributed by atoms with Gasteiger partial charge in [0.25, 0.3) is 11.5 Å². The van der Waals surface area contributed by atoms with E-state index in [1.807, 2.05) is 53.4 Å². The summed E-state index contributed by atoms with van der Waals surface area (Å²) in [6.07, 6.45) is 2.16. The van der Waals surface area contributed by atoms with E-state index in [0.29, 0.717) is 47.4 Å². The lowest BCUT2D eigenvalue weighted by atomic mass is 10.1. The van der Waals surface area contributed by atoms with Crippen molar-refractivity contribution < 1.29 is 9.63 Å². The average molecular weight is 518 g/mol. The van der Waals surface area contributed by atoms with Gasteiger partial charge in [0, 0.05) is 41.8 Å². The van der Waals surface area contributed by atoms with Crippen LogP contribution in [0.4, 0.5) is 11.6 Å². The minimum atomic E-state index is -0.325. The van der Waals surface area contributed by atoms with Crippen LogP contribution in [0.5, 0.6) is 0 Å². The molecule has 0 unspecified atom stereocenters. The molecule has 1 aliphatic heterocycles. The summed E-state index contributed by atoms with van der Waals surface area (Å²) in [6.45, 7) is 5.40. The Hall–Kier alpha value is -3.91. The molecule has 0 saturated heterocycles. The molecule has 9 heteroatoms. The van der Waals surface area contributed by atoms with E-state index in [1.165, 1.54) is 11.8 Å². The first-order valence-electron chi connectivity index (χ1n) is 12.2. The minimum Gasteiger partial charge on any atom is -0.411 e. The fraction of sp³-hybridized carbons (Fsp3) is 0.286. The standard InChI is InChI=1S/C28H28ClN5O3/c1-18(2)16-33(22-10-8-21(29)9-11-22)28-31-24-12-13-32(17-23(24)26(35)34(28)37-3)27(36)25-14-19-6-4-5-7-20(19)15-30-25/h4-11,14-15,18H,12-13,16-17H2,1-3H3. The zero-order chi connectivity index (χ0) is 26.1. The first kappa shape index (κ1) is 24.8. The Morgan fingerprint density at radius 3 is 2.57 bits per heavy atom. The molecule has 0 radical (unpaired) electrons. The summed E-state index contributed by atoms with van der Waals surface area (Å²) in [4.78, 5) is 45.3. The van der Waals surface area contributed by atoms with Crippen molar-refractivity contribution in [1.29, 1.82) is 0 Å². The largest absolute Gasteiger partial charge is 0.411 e. The second kappa shape index (κ2) is 10.2. The summed E-state index contributed by atoms with van der Waals surface area (Å²) in [7, 11) is 1.44. The highest BCUT2D eigenvalue weighted by atomic mass is 35.5. The van der Waals surface area contributed by atoms with Crippen LogP contribution in [0, 0.1) is 5.92 Å². The Morgan fingerprint density at radius 1 is 1.14 bits per heavy atom. The van der Waals surface area contributed by atoms with Gasteiger partial charge in [0.05, 0.1) is 17.8 Å². The van der Waals surface area contributed by atoms with E-state index in [0.717, 1.165) is 16.5 Å². The molecule has 1 amide bonds. The molecule has 37 heavy (non-hydrogen) atoms. The highest BCUT2D eigenvalue weighted by Crippen LogP contribution is 2.28. The van der Waals surface area contributed by atoms with Crippen molar-refractivity contribution in [1.82, 2.24) is 19.6 Å². The number of rotatable bonds is 6. The first-order valence-corrected chi connectivity index (χ1v) is 12.6. The normalized spacial score (nSPS) is 13.1. The van der Waals surface area contributed by atoms with E-state index in [1.54, 1.807) is 17.2 Å². The molecule has 0 fully saturated rings. The van der Waals surface area contributed by atoms with Gasteiger partial charge in [-0.05, 0) is 41.6 Å². The molecule has 1 aliphatic rings. The number of pyridine rings is 1. The lowest BCUT2D eigenvalue weighted by Gasteiger charge is -2.31. The van der Waals surface area contributed by atoms with E-state index < -0.39 is 0 Å². The smallest absolute Gasteiger partial charge is 0.293 e. The van der Waals surface area contributed by atoms with Gasteiger partial charge in [0.2, 0.25) is 5.95 Å². The van der Waals surface area contributed by atoms with Crippen molar-refractivity contribution in [3.63, 3.8) is 0 Å². The number of carbonyl (C=O) groups excluding carboxylic acids is 1. The van der Waals surface area contributed by atoms with Crippen LogP contribution in [-0.2, 0) is 13.0 Å². The summed E-state index contributed by atoms with van der Waals surface area (Å²) in [5.41, 5.74) is 2.00. The van der Waals surface area contributed by atoms with Gasteiger partial charge in [-0.25, -0.2) is 4.98 Å². The molecule has 4 aromatic rings. The molecule has 0 bridgehead atoms. The molecular formula is C28H28ClN5O3. The number of benzene rings is 2.